The molecule has 2 amide bonds. The molecule has 2 aliphatic rings. The number of anilines is 3. The molecule has 0 spiro atoms. The van der Waals surface area contributed by atoms with Crippen LogP contribution in [0.1, 0.15) is 26.2 Å². The van der Waals surface area contributed by atoms with Crippen LogP contribution in [0.5, 0.6) is 11.5 Å². The first kappa shape index (κ1) is 19.1. The Morgan fingerprint density at radius 3 is 2.45 bits per heavy atom. The van der Waals surface area contributed by atoms with Crippen molar-refractivity contribution in [1.29, 1.82) is 0 Å². The van der Waals surface area contributed by atoms with Gasteiger partial charge in [-0.3, -0.25) is 9.59 Å². The molecule has 2 aromatic rings. The number of hydrogen-bond donors (Lipinski definition) is 1. The second kappa shape index (κ2) is 8.43. The van der Waals surface area contributed by atoms with E-state index in [1.54, 1.807) is 18.2 Å². The van der Waals surface area contributed by atoms with Gasteiger partial charge in [-0.05, 0) is 55.7 Å². The minimum atomic E-state index is -0.261. The second-order valence-corrected chi connectivity index (χ2v) is 7.29. The van der Waals surface area contributed by atoms with Crippen LogP contribution in [0.2, 0.25) is 0 Å². The highest BCUT2D eigenvalue weighted by molar-refractivity contribution is 6.02. The van der Waals surface area contributed by atoms with Crippen molar-refractivity contribution < 1.29 is 19.1 Å². The standard InChI is InChI=1S/C22H25N3O4/c1-16(26)25(19-9-10-20-21(13-19)29-15-28-20)14-22(27)23-17-5-7-18(8-6-17)24-11-3-2-4-12-24/h5-10,13H,2-4,11-12,14-15H2,1H3,(H,23,27). The number of benzene rings is 2. The topological polar surface area (TPSA) is 71.1 Å². The summed E-state index contributed by atoms with van der Waals surface area (Å²) in [5.41, 5.74) is 2.48. The molecule has 2 aromatic carbocycles. The van der Waals surface area contributed by atoms with Gasteiger partial charge in [0.1, 0.15) is 6.54 Å². The molecule has 0 aliphatic carbocycles. The van der Waals surface area contributed by atoms with Crippen LogP contribution < -0.4 is 24.6 Å². The molecule has 2 heterocycles. The van der Waals surface area contributed by atoms with E-state index in [-0.39, 0.29) is 25.2 Å². The van der Waals surface area contributed by atoms with E-state index in [0.29, 0.717) is 22.9 Å². The molecule has 7 nitrogen and oxygen atoms in total. The van der Waals surface area contributed by atoms with Crippen molar-refractivity contribution in [1.82, 2.24) is 0 Å². The maximum atomic E-state index is 12.5. The van der Waals surface area contributed by atoms with Crippen LogP contribution in [0.3, 0.4) is 0 Å². The van der Waals surface area contributed by atoms with Crippen molar-refractivity contribution >= 4 is 28.9 Å². The van der Waals surface area contributed by atoms with Crippen molar-refractivity contribution in [3.8, 4) is 11.5 Å². The Morgan fingerprint density at radius 1 is 1.00 bits per heavy atom. The third-order valence-corrected chi connectivity index (χ3v) is 5.22. The number of nitrogens with one attached hydrogen (secondary N) is 1. The lowest BCUT2D eigenvalue weighted by atomic mass is 10.1. The van der Waals surface area contributed by atoms with Crippen LogP contribution >= 0.6 is 0 Å². The Bertz CT molecular complexity index is 891. The Hall–Kier alpha value is -3.22. The number of rotatable bonds is 5. The van der Waals surface area contributed by atoms with Crippen molar-refractivity contribution in [3.05, 3.63) is 42.5 Å². The molecule has 2 aliphatic heterocycles. The summed E-state index contributed by atoms with van der Waals surface area (Å²) < 4.78 is 10.7. The first-order valence-electron chi connectivity index (χ1n) is 9.93. The smallest absolute Gasteiger partial charge is 0.244 e. The van der Waals surface area contributed by atoms with Crippen molar-refractivity contribution in [2.75, 3.05) is 41.5 Å². The number of ether oxygens (including phenoxy) is 2. The van der Waals surface area contributed by atoms with Gasteiger partial charge in [0, 0.05) is 43.1 Å². The fourth-order valence-corrected chi connectivity index (χ4v) is 3.69. The molecule has 1 N–H and O–H groups in total. The number of carbonyl (C=O) groups excluding carboxylic acids is 2. The summed E-state index contributed by atoms with van der Waals surface area (Å²) in [6.45, 7) is 3.67. The van der Waals surface area contributed by atoms with E-state index < -0.39 is 0 Å². The highest BCUT2D eigenvalue weighted by Gasteiger charge is 2.20. The Labute approximate surface area is 170 Å². The zero-order chi connectivity index (χ0) is 20.2. The maximum absolute atomic E-state index is 12.5. The predicted molar refractivity (Wildman–Crippen MR) is 112 cm³/mol. The Balaban J connectivity index is 1.40. The lowest BCUT2D eigenvalue weighted by Crippen LogP contribution is -2.36. The van der Waals surface area contributed by atoms with E-state index in [1.807, 2.05) is 24.3 Å². The minimum absolute atomic E-state index is 0.0805. The van der Waals surface area contributed by atoms with Gasteiger partial charge in [0.2, 0.25) is 18.6 Å². The summed E-state index contributed by atoms with van der Waals surface area (Å²) in [6, 6.07) is 13.1. The van der Waals surface area contributed by atoms with Crippen LogP contribution in [-0.2, 0) is 9.59 Å². The minimum Gasteiger partial charge on any atom is -0.454 e. The molecule has 0 bridgehead atoms. The maximum Gasteiger partial charge on any atom is 0.244 e. The average Bonchev–Trinajstić information content (AvgIpc) is 3.21. The van der Waals surface area contributed by atoms with Gasteiger partial charge >= 0.3 is 0 Å². The zero-order valence-electron chi connectivity index (χ0n) is 16.5. The first-order valence-corrected chi connectivity index (χ1v) is 9.93. The number of hydrogen-bond acceptors (Lipinski definition) is 5. The van der Waals surface area contributed by atoms with E-state index >= 15 is 0 Å². The van der Waals surface area contributed by atoms with Crippen molar-refractivity contribution in [2.24, 2.45) is 0 Å². The molecular weight excluding hydrogens is 370 g/mol. The molecule has 1 saturated heterocycles. The van der Waals surface area contributed by atoms with Crippen LogP contribution in [0, 0.1) is 0 Å². The van der Waals surface area contributed by atoms with Gasteiger partial charge in [-0.25, -0.2) is 0 Å². The van der Waals surface area contributed by atoms with E-state index in [0.717, 1.165) is 13.1 Å². The molecule has 29 heavy (non-hydrogen) atoms. The van der Waals surface area contributed by atoms with E-state index in [9.17, 15) is 9.59 Å². The van der Waals surface area contributed by atoms with Gasteiger partial charge in [-0.1, -0.05) is 0 Å². The summed E-state index contributed by atoms with van der Waals surface area (Å²) in [5.74, 6) is 0.723. The summed E-state index contributed by atoms with van der Waals surface area (Å²) in [7, 11) is 0. The van der Waals surface area contributed by atoms with Crippen molar-refractivity contribution in [3.63, 3.8) is 0 Å². The number of nitrogens with zero attached hydrogens (tertiary/aromatic N) is 2. The number of carbonyl (C=O) groups is 2. The molecule has 0 atom stereocenters. The molecule has 0 unspecified atom stereocenters. The molecule has 1 fully saturated rings. The van der Waals surface area contributed by atoms with Crippen molar-refractivity contribution in [2.45, 2.75) is 26.2 Å². The SMILES string of the molecule is CC(=O)N(CC(=O)Nc1ccc(N2CCCCC2)cc1)c1ccc2c(c1)OCO2. The molecule has 4 rings (SSSR count). The molecule has 0 radical (unpaired) electrons. The van der Waals surface area contributed by atoms with Crippen LogP contribution in [-0.4, -0.2) is 38.2 Å². The van der Waals surface area contributed by atoms with E-state index in [4.69, 9.17) is 9.47 Å². The fraction of sp³-hybridized carbons (Fsp3) is 0.364. The quantitative estimate of drug-likeness (QED) is 0.840. The van der Waals surface area contributed by atoms with Gasteiger partial charge in [-0.2, -0.15) is 0 Å². The van der Waals surface area contributed by atoms with Gasteiger partial charge in [-0.15, -0.1) is 0 Å². The molecule has 152 valence electrons. The summed E-state index contributed by atoms with van der Waals surface area (Å²) in [6.07, 6.45) is 3.74. The highest BCUT2D eigenvalue weighted by atomic mass is 16.7. The average molecular weight is 395 g/mol. The normalized spacial score (nSPS) is 15.1. The van der Waals surface area contributed by atoms with Crippen LogP contribution in [0.15, 0.2) is 42.5 Å². The largest absolute Gasteiger partial charge is 0.454 e. The Kier molecular flexibility index (Phi) is 5.55. The number of amides is 2. The third-order valence-electron chi connectivity index (χ3n) is 5.22. The molecule has 0 saturated carbocycles. The van der Waals surface area contributed by atoms with Crippen LogP contribution in [0.4, 0.5) is 17.1 Å². The van der Waals surface area contributed by atoms with E-state index in [1.165, 1.54) is 36.8 Å². The van der Waals surface area contributed by atoms with E-state index in [2.05, 4.69) is 10.2 Å². The molecule has 7 heteroatoms. The van der Waals surface area contributed by atoms with Gasteiger partial charge < -0.3 is 24.6 Å². The zero-order valence-corrected chi connectivity index (χ0v) is 16.5. The van der Waals surface area contributed by atoms with Gasteiger partial charge in [0.05, 0.1) is 0 Å². The molecular formula is C22H25N3O4. The fourth-order valence-electron chi connectivity index (χ4n) is 3.69. The lowest BCUT2D eigenvalue weighted by Gasteiger charge is -2.28. The predicted octanol–water partition coefficient (Wildman–Crippen LogP) is 3.40. The van der Waals surface area contributed by atoms with Gasteiger partial charge in [0.25, 0.3) is 0 Å². The monoisotopic (exact) mass is 395 g/mol. The van der Waals surface area contributed by atoms with Gasteiger partial charge in [0.15, 0.2) is 11.5 Å². The number of piperidine rings is 1. The third kappa shape index (κ3) is 4.45. The molecule has 0 aromatic heterocycles. The summed E-state index contributed by atoms with van der Waals surface area (Å²) in [5, 5.41) is 2.87. The lowest BCUT2D eigenvalue weighted by molar-refractivity contribution is -0.120. The summed E-state index contributed by atoms with van der Waals surface area (Å²) >= 11 is 0. The number of fused-ring (bicyclic) bond motifs is 1. The van der Waals surface area contributed by atoms with Crippen LogP contribution in [0.25, 0.3) is 0 Å². The summed E-state index contributed by atoms with van der Waals surface area (Å²) in [4.78, 5) is 28.5. The highest BCUT2D eigenvalue weighted by Crippen LogP contribution is 2.35. The Morgan fingerprint density at radius 2 is 1.72 bits per heavy atom. The first-order chi connectivity index (χ1) is 14.1. The second-order valence-electron chi connectivity index (χ2n) is 7.29.